The lowest BCUT2D eigenvalue weighted by Gasteiger charge is -2.22. The quantitative estimate of drug-likeness (QED) is 0.854. The van der Waals surface area contributed by atoms with Gasteiger partial charge in [0, 0.05) is 36.8 Å². The first-order valence-electron chi connectivity index (χ1n) is 7.11. The third-order valence-corrected chi connectivity index (χ3v) is 4.42. The first-order valence-corrected chi connectivity index (χ1v) is 7.11. The Kier molecular flexibility index (Phi) is 2.78. The minimum absolute atomic E-state index is 0.181. The van der Waals surface area contributed by atoms with E-state index < -0.39 is 0 Å². The van der Waals surface area contributed by atoms with Gasteiger partial charge in [-0.15, -0.1) is 0 Å². The number of rotatable bonds is 3. The maximum atomic E-state index is 12.3. The van der Waals surface area contributed by atoms with Gasteiger partial charge in [-0.05, 0) is 24.9 Å². The highest BCUT2D eigenvalue weighted by Crippen LogP contribution is 2.28. The summed E-state index contributed by atoms with van der Waals surface area (Å²) < 4.78 is 5.33. The number of hydrogen-bond acceptors (Lipinski definition) is 5. The lowest BCUT2D eigenvalue weighted by atomic mass is 10.00. The number of piperidine rings is 1. The highest BCUT2D eigenvalue weighted by atomic mass is 16.3. The number of nitrogens with zero attached hydrogens (tertiary/aromatic N) is 2. The van der Waals surface area contributed by atoms with Gasteiger partial charge in [-0.1, -0.05) is 0 Å². The van der Waals surface area contributed by atoms with Gasteiger partial charge >= 0.3 is 0 Å². The van der Waals surface area contributed by atoms with Gasteiger partial charge in [0.1, 0.15) is 11.3 Å². The van der Waals surface area contributed by atoms with E-state index in [9.17, 15) is 9.59 Å². The molecule has 0 radical (unpaired) electrons. The molecule has 2 unspecified atom stereocenters. The fourth-order valence-electron chi connectivity index (χ4n) is 3.33. The number of nitrogens with one attached hydrogen (secondary N) is 1. The minimum atomic E-state index is -0.181. The molecule has 4 heterocycles. The highest BCUT2D eigenvalue weighted by Gasteiger charge is 2.38. The van der Waals surface area contributed by atoms with Crippen LogP contribution in [0.2, 0.25) is 0 Å². The molecule has 2 fully saturated rings. The molecular weight excluding hydrogens is 270 g/mol. The average molecular weight is 285 g/mol. The van der Waals surface area contributed by atoms with Gasteiger partial charge in [0.15, 0.2) is 12.0 Å². The monoisotopic (exact) mass is 285 g/mol. The van der Waals surface area contributed by atoms with Crippen molar-refractivity contribution in [2.24, 2.45) is 5.92 Å². The van der Waals surface area contributed by atoms with Crippen molar-refractivity contribution in [2.45, 2.75) is 12.5 Å². The Morgan fingerprint density at radius 1 is 1.43 bits per heavy atom. The summed E-state index contributed by atoms with van der Waals surface area (Å²) in [5.41, 5.74) is 0.834. The Hall–Kier alpha value is -2.21. The molecule has 0 saturated carbocycles. The smallest absolute Gasteiger partial charge is 0.270 e. The van der Waals surface area contributed by atoms with E-state index in [1.807, 2.05) is 0 Å². The van der Waals surface area contributed by atoms with Crippen LogP contribution < -0.4 is 5.32 Å². The van der Waals surface area contributed by atoms with Gasteiger partial charge in [-0.3, -0.25) is 14.6 Å². The summed E-state index contributed by atoms with van der Waals surface area (Å²) in [7, 11) is 0. The predicted molar refractivity (Wildman–Crippen MR) is 75.2 cm³/mol. The summed E-state index contributed by atoms with van der Waals surface area (Å²) in [4.78, 5) is 29.5. The first-order chi connectivity index (χ1) is 10.2. The predicted octanol–water partition coefficient (Wildman–Crippen LogP) is 1.07. The van der Waals surface area contributed by atoms with Gasteiger partial charge in [0.05, 0.1) is 0 Å². The zero-order valence-electron chi connectivity index (χ0n) is 11.4. The van der Waals surface area contributed by atoms with Crippen molar-refractivity contribution < 1.29 is 14.0 Å². The van der Waals surface area contributed by atoms with E-state index in [4.69, 9.17) is 4.42 Å². The van der Waals surface area contributed by atoms with Crippen molar-refractivity contribution in [3.8, 4) is 0 Å². The first kappa shape index (κ1) is 12.5. The molecule has 2 aromatic heterocycles. The molecule has 0 aromatic carbocycles. The Labute approximate surface area is 121 Å². The molecule has 2 saturated heterocycles. The van der Waals surface area contributed by atoms with Crippen LogP contribution in [-0.4, -0.2) is 47.8 Å². The van der Waals surface area contributed by atoms with Crippen LogP contribution in [0.1, 0.15) is 27.5 Å². The Morgan fingerprint density at radius 2 is 2.33 bits per heavy atom. The summed E-state index contributed by atoms with van der Waals surface area (Å²) in [5, 5.41) is 3.78. The molecular formula is C15H15N3O3. The number of fused-ring (bicyclic) bond motifs is 3. The number of aromatic nitrogens is 1. The summed E-state index contributed by atoms with van der Waals surface area (Å²) >= 11 is 0. The third-order valence-electron chi connectivity index (χ3n) is 4.42. The fourth-order valence-corrected chi connectivity index (χ4v) is 3.33. The maximum Gasteiger partial charge on any atom is 0.270 e. The summed E-state index contributed by atoms with van der Waals surface area (Å²) in [5.74, 6) is 0.618. The number of amides is 1. The van der Waals surface area contributed by atoms with Gasteiger partial charge in [-0.25, -0.2) is 0 Å². The van der Waals surface area contributed by atoms with Crippen LogP contribution in [0.15, 0.2) is 22.7 Å². The number of aldehydes is 1. The molecule has 3 atom stereocenters. The SMILES string of the molecule is O=Cc1cc2cnc(C(=O)NC3CN4CC[C@H]3C4)cc2o1. The van der Waals surface area contributed by atoms with E-state index in [-0.39, 0.29) is 17.7 Å². The van der Waals surface area contributed by atoms with Crippen LogP contribution in [-0.2, 0) is 0 Å². The molecule has 1 amide bonds. The van der Waals surface area contributed by atoms with Crippen LogP contribution in [0.3, 0.4) is 0 Å². The molecule has 0 aliphatic carbocycles. The van der Waals surface area contributed by atoms with Gasteiger partial charge < -0.3 is 14.6 Å². The van der Waals surface area contributed by atoms with Crippen molar-refractivity contribution in [3.63, 3.8) is 0 Å². The average Bonchev–Trinajstić information content (AvgIpc) is 3.20. The molecule has 2 aliphatic rings. The highest BCUT2D eigenvalue weighted by molar-refractivity contribution is 5.96. The van der Waals surface area contributed by atoms with Crippen molar-refractivity contribution in [1.82, 2.24) is 15.2 Å². The molecule has 6 heteroatoms. The van der Waals surface area contributed by atoms with E-state index >= 15 is 0 Å². The zero-order chi connectivity index (χ0) is 14.4. The molecule has 2 aromatic rings. The normalized spacial score (nSPS) is 27.1. The number of carbonyl (C=O) groups is 2. The maximum absolute atomic E-state index is 12.3. The molecule has 21 heavy (non-hydrogen) atoms. The lowest BCUT2D eigenvalue weighted by molar-refractivity contribution is 0.0919. The van der Waals surface area contributed by atoms with E-state index in [2.05, 4.69) is 15.2 Å². The van der Waals surface area contributed by atoms with Crippen LogP contribution in [0.25, 0.3) is 11.0 Å². The van der Waals surface area contributed by atoms with Gasteiger partial charge in [0.25, 0.3) is 5.91 Å². The van der Waals surface area contributed by atoms with Crippen molar-refractivity contribution in [2.75, 3.05) is 19.6 Å². The number of pyridine rings is 1. The topological polar surface area (TPSA) is 75.4 Å². The molecule has 6 nitrogen and oxygen atoms in total. The second-order valence-corrected chi connectivity index (χ2v) is 5.76. The van der Waals surface area contributed by atoms with E-state index in [0.29, 0.717) is 23.5 Å². The Bertz CT molecular complexity index is 724. The largest absolute Gasteiger partial charge is 0.453 e. The molecule has 0 spiro atoms. The Morgan fingerprint density at radius 3 is 3.05 bits per heavy atom. The van der Waals surface area contributed by atoms with Crippen molar-refractivity contribution >= 4 is 23.2 Å². The third kappa shape index (κ3) is 2.12. The second kappa shape index (κ2) is 4.66. The number of furan rings is 1. The fraction of sp³-hybridized carbons (Fsp3) is 0.400. The lowest BCUT2D eigenvalue weighted by Crippen LogP contribution is -2.43. The van der Waals surface area contributed by atoms with E-state index in [1.165, 1.54) is 0 Å². The van der Waals surface area contributed by atoms with Gasteiger partial charge in [0.2, 0.25) is 0 Å². The van der Waals surface area contributed by atoms with Crippen molar-refractivity contribution in [3.05, 3.63) is 29.8 Å². The van der Waals surface area contributed by atoms with Crippen LogP contribution >= 0.6 is 0 Å². The minimum Gasteiger partial charge on any atom is -0.453 e. The Balaban J connectivity index is 1.54. The standard InChI is InChI=1S/C15H15N3O3/c19-8-11-3-10-5-16-12(4-14(10)21-11)15(20)17-13-7-18-2-1-9(13)6-18/h3-5,8-9,13H,1-2,6-7H2,(H,17,20)/t9-,13?/m0/s1. The van der Waals surface area contributed by atoms with Gasteiger partial charge in [-0.2, -0.15) is 0 Å². The molecule has 2 bridgehead atoms. The van der Waals surface area contributed by atoms with Crippen LogP contribution in [0.4, 0.5) is 0 Å². The van der Waals surface area contributed by atoms with E-state index in [0.717, 1.165) is 31.4 Å². The molecule has 4 rings (SSSR count). The molecule has 108 valence electrons. The number of hydrogen-bond donors (Lipinski definition) is 1. The summed E-state index contributed by atoms with van der Waals surface area (Å²) in [6, 6.07) is 3.41. The van der Waals surface area contributed by atoms with E-state index in [1.54, 1.807) is 18.3 Å². The summed E-state index contributed by atoms with van der Waals surface area (Å²) in [6.45, 7) is 3.15. The molecule has 2 aliphatic heterocycles. The number of carbonyl (C=O) groups excluding carboxylic acids is 2. The van der Waals surface area contributed by atoms with Crippen molar-refractivity contribution in [1.29, 1.82) is 0 Å². The van der Waals surface area contributed by atoms with Crippen LogP contribution in [0, 0.1) is 5.92 Å². The molecule has 1 N–H and O–H groups in total. The zero-order valence-corrected chi connectivity index (χ0v) is 11.4. The summed E-state index contributed by atoms with van der Waals surface area (Å²) in [6.07, 6.45) is 3.35. The van der Waals surface area contributed by atoms with Crippen LogP contribution in [0.5, 0.6) is 0 Å². The second-order valence-electron chi connectivity index (χ2n) is 5.76.